The molecule has 3 N–H and O–H groups in total. The predicted molar refractivity (Wildman–Crippen MR) is 62.6 cm³/mol. The number of hydrogen-bond donors (Lipinski definition) is 3. The Morgan fingerprint density at radius 1 is 1.62 bits per heavy atom. The smallest absolute Gasteiger partial charge is 0.251 e. The first-order valence-electron chi connectivity index (χ1n) is 5.50. The number of fused-ring (bicyclic) bond motifs is 1. The fraction of sp³-hybridized carbons (Fsp3) is 0.417. The standard InChI is InChI=1S/C12H16N2O2/c1-8(15)7-14-12(16)10-2-3-11-9(6-10)4-5-13-11/h2-3,6,8,13,15H,4-5,7H2,1H3,(H,14,16)/t8-/m0/s1. The van der Waals surface area contributed by atoms with E-state index < -0.39 is 6.10 Å². The summed E-state index contributed by atoms with van der Waals surface area (Å²) in [7, 11) is 0. The van der Waals surface area contributed by atoms with Gasteiger partial charge in [0.15, 0.2) is 0 Å². The summed E-state index contributed by atoms with van der Waals surface area (Å²) in [6.45, 7) is 2.87. The van der Waals surface area contributed by atoms with Crippen LogP contribution in [0.3, 0.4) is 0 Å². The van der Waals surface area contributed by atoms with Crippen LogP contribution in [0.4, 0.5) is 5.69 Å². The molecule has 2 rings (SSSR count). The minimum atomic E-state index is -0.514. The van der Waals surface area contributed by atoms with E-state index in [1.165, 1.54) is 5.56 Å². The van der Waals surface area contributed by atoms with Crippen LogP contribution >= 0.6 is 0 Å². The van der Waals surface area contributed by atoms with Crippen LogP contribution in [0.25, 0.3) is 0 Å². The normalized spacial score (nSPS) is 15.1. The number of aliphatic hydroxyl groups is 1. The Kier molecular flexibility index (Phi) is 3.10. The minimum absolute atomic E-state index is 0.129. The first-order chi connectivity index (χ1) is 7.66. The Morgan fingerprint density at radius 2 is 2.44 bits per heavy atom. The van der Waals surface area contributed by atoms with Crippen molar-refractivity contribution in [2.75, 3.05) is 18.4 Å². The molecule has 4 nitrogen and oxygen atoms in total. The number of amides is 1. The van der Waals surface area contributed by atoms with E-state index in [9.17, 15) is 4.79 Å². The summed E-state index contributed by atoms with van der Waals surface area (Å²) in [5.74, 6) is -0.129. The Balaban J connectivity index is 2.06. The maximum atomic E-state index is 11.7. The first-order valence-corrected chi connectivity index (χ1v) is 5.50. The van der Waals surface area contributed by atoms with Crippen LogP contribution in [0, 0.1) is 0 Å². The molecule has 0 aliphatic carbocycles. The second-order valence-electron chi connectivity index (χ2n) is 4.11. The second kappa shape index (κ2) is 4.53. The summed E-state index contributed by atoms with van der Waals surface area (Å²) < 4.78 is 0. The van der Waals surface area contributed by atoms with E-state index >= 15 is 0 Å². The molecule has 1 aliphatic rings. The van der Waals surface area contributed by atoms with Gasteiger partial charge >= 0.3 is 0 Å². The number of nitrogens with one attached hydrogen (secondary N) is 2. The summed E-state index contributed by atoms with van der Waals surface area (Å²) in [5.41, 5.74) is 2.96. The zero-order valence-electron chi connectivity index (χ0n) is 9.29. The van der Waals surface area contributed by atoms with Crippen LogP contribution in [0.2, 0.25) is 0 Å². The lowest BCUT2D eigenvalue weighted by Gasteiger charge is -2.08. The average molecular weight is 220 g/mol. The number of anilines is 1. The molecule has 1 aromatic carbocycles. The highest BCUT2D eigenvalue weighted by Gasteiger charge is 2.13. The van der Waals surface area contributed by atoms with Crippen molar-refractivity contribution < 1.29 is 9.90 Å². The maximum Gasteiger partial charge on any atom is 0.251 e. The number of carbonyl (C=O) groups excluding carboxylic acids is 1. The Hall–Kier alpha value is -1.55. The van der Waals surface area contributed by atoms with Gasteiger partial charge in [0.2, 0.25) is 0 Å². The van der Waals surface area contributed by atoms with Crippen molar-refractivity contribution in [3.63, 3.8) is 0 Å². The Bertz CT molecular complexity index is 402. The highest BCUT2D eigenvalue weighted by atomic mass is 16.3. The molecule has 0 unspecified atom stereocenters. The highest BCUT2D eigenvalue weighted by molar-refractivity contribution is 5.95. The van der Waals surface area contributed by atoms with E-state index in [-0.39, 0.29) is 12.5 Å². The first kappa shape index (κ1) is 11.0. The fourth-order valence-corrected chi connectivity index (χ4v) is 1.79. The van der Waals surface area contributed by atoms with Crippen molar-refractivity contribution in [3.8, 4) is 0 Å². The van der Waals surface area contributed by atoms with Gasteiger partial charge in [-0.2, -0.15) is 0 Å². The van der Waals surface area contributed by atoms with Crippen molar-refractivity contribution in [3.05, 3.63) is 29.3 Å². The van der Waals surface area contributed by atoms with Crippen LogP contribution in [-0.4, -0.2) is 30.2 Å². The van der Waals surface area contributed by atoms with Gasteiger partial charge in [-0.15, -0.1) is 0 Å². The maximum absolute atomic E-state index is 11.7. The molecule has 1 atom stereocenters. The average Bonchev–Trinajstić information content (AvgIpc) is 2.72. The highest BCUT2D eigenvalue weighted by Crippen LogP contribution is 2.22. The largest absolute Gasteiger partial charge is 0.392 e. The molecule has 0 saturated heterocycles. The summed E-state index contributed by atoms with van der Waals surface area (Å²) >= 11 is 0. The topological polar surface area (TPSA) is 61.4 Å². The molecule has 0 aromatic heterocycles. The molecule has 1 aromatic rings. The molecule has 0 saturated carbocycles. The van der Waals surface area contributed by atoms with Crippen molar-refractivity contribution in [2.45, 2.75) is 19.4 Å². The lowest BCUT2D eigenvalue weighted by Crippen LogP contribution is -2.30. The molecule has 0 radical (unpaired) electrons. The molecule has 1 aliphatic heterocycles. The molecule has 1 amide bonds. The van der Waals surface area contributed by atoms with E-state index in [0.29, 0.717) is 5.56 Å². The van der Waals surface area contributed by atoms with Gasteiger partial charge in [0.1, 0.15) is 0 Å². The van der Waals surface area contributed by atoms with Crippen molar-refractivity contribution in [1.82, 2.24) is 5.32 Å². The molecule has 0 spiro atoms. The lowest BCUT2D eigenvalue weighted by molar-refractivity contribution is 0.0924. The molecular formula is C12H16N2O2. The van der Waals surface area contributed by atoms with Gasteiger partial charge in [-0.05, 0) is 37.1 Å². The zero-order valence-corrected chi connectivity index (χ0v) is 9.29. The molecule has 1 heterocycles. The van der Waals surface area contributed by atoms with Crippen molar-refractivity contribution in [1.29, 1.82) is 0 Å². The zero-order chi connectivity index (χ0) is 11.5. The van der Waals surface area contributed by atoms with Gasteiger partial charge in [0.05, 0.1) is 6.10 Å². The summed E-state index contributed by atoms with van der Waals surface area (Å²) in [4.78, 5) is 11.7. The minimum Gasteiger partial charge on any atom is -0.392 e. The molecule has 86 valence electrons. The van der Waals surface area contributed by atoms with Gasteiger partial charge in [-0.3, -0.25) is 4.79 Å². The lowest BCUT2D eigenvalue weighted by atomic mass is 10.1. The third-order valence-corrected chi connectivity index (χ3v) is 2.64. The second-order valence-corrected chi connectivity index (χ2v) is 4.11. The number of carbonyl (C=O) groups is 1. The quantitative estimate of drug-likeness (QED) is 0.705. The number of benzene rings is 1. The number of aliphatic hydroxyl groups excluding tert-OH is 1. The van der Waals surface area contributed by atoms with Crippen LogP contribution < -0.4 is 10.6 Å². The molecule has 0 bridgehead atoms. The summed E-state index contributed by atoms with van der Waals surface area (Å²) in [6, 6.07) is 5.64. The molecular weight excluding hydrogens is 204 g/mol. The van der Waals surface area contributed by atoms with Crippen molar-refractivity contribution >= 4 is 11.6 Å². The van der Waals surface area contributed by atoms with E-state index in [0.717, 1.165) is 18.7 Å². The molecule has 4 heteroatoms. The van der Waals surface area contributed by atoms with Crippen LogP contribution in [0.5, 0.6) is 0 Å². The van der Waals surface area contributed by atoms with E-state index in [1.807, 2.05) is 12.1 Å². The summed E-state index contributed by atoms with van der Waals surface area (Å²) in [5, 5.41) is 15.0. The third-order valence-electron chi connectivity index (χ3n) is 2.64. The van der Waals surface area contributed by atoms with Gasteiger partial charge in [-0.25, -0.2) is 0 Å². The van der Waals surface area contributed by atoms with Gasteiger partial charge in [0, 0.05) is 24.3 Å². The van der Waals surface area contributed by atoms with Crippen LogP contribution in [0.1, 0.15) is 22.8 Å². The SMILES string of the molecule is C[C@H](O)CNC(=O)c1ccc2c(c1)CCN2. The Morgan fingerprint density at radius 3 is 3.19 bits per heavy atom. The van der Waals surface area contributed by atoms with Gasteiger partial charge in [-0.1, -0.05) is 0 Å². The van der Waals surface area contributed by atoms with E-state index in [2.05, 4.69) is 10.6 Å². The molecule has 0 fully saturated rings. The van der Waals surface area contributed by atoms with Crippen LogP contribution in [-0.2, 0) is 6.42 Å². The predicted octanol–water partition coefficient (Wildman–Crippen LogP) is 0.765. The van der Waals surface area contributed by atoms with E-state index in [4.69, 9.17) is 5.11 Å². The monoisotopic (exact) mass is 220 g/mol. The third kappa shape index (κ3) is 2.33. The van der Waals surface area contributed by atoms with E-state index in [1.54, 1.807) is 13.0 Å². The Labute approximate surface area is 94.7 Å². The number of rotatable bonds is 3. The van der Waals surface area contributed by atoms with Gasteiger partial charge in [0.25, 0.3) is 5.91 Å². The van der Waals surface area contributed by atoms with Gasteiger partial charge < -0.3 is 15.7 Å². The van der Waals surface area contributed by atoms with Crippen LogP contribution in [0.15, 0.2) is 18.2 Å². The fourth-order valence-electron chi connectivity index (χ4n) is 1.79. The summed E-state index contributed by atoms with van der Waals surface area (Å²) in [6.07, 6.45) is 0.451. The number of hydrogen-bond acceptors (Lipinski definition) is 3. The molecule has 16 heavy (non-hydrogen) atoms. The van der Waals surface area contributed by atoms with Crippen molar-refractivity contribution in [2.24, 2.45) is 0 Å².